The number of nitrogens with zero attached hydrogens (tertiary/aromatic N) is 4. The quantitative estimate of drug-likeness (QED) is 0.575. The lowest BCUT2D eigenvalue weighted by Crippen LogP contribution is -2.23. The summed E-state index contributed by atoms with van der Waals surface area (Å²) in [5.74, 6) is 1.00. The highest BCUT2D eigenvalue weighted by Gasteiger charge is 2.18. The third kappa shape index (κ3) is 6.11. The van der Waals surface area contributed by atoms with E-state index in [2.05, 4.69) is 58.5 Å². The molecule has 0 saturated carbocycles. The summed E-state index contributed by atoms with van der Waals surface area (Å²) in [6.45, 7) is 10.3. The number of nitrogens with one attached hydrogen (secondary N) is 2. The fourth-order valence-corrected chi connectivity index (χ4v) is 3.57. The summed E-state index contributed by atoms with van der Waals surface area (Å²) in [6, 6.07) is 8.50. The molecule has 1 aliphatic heterocycles. The number of carbonyl (C=O) groups excluding carboxylic acids is 1. The van der Waals surface area contributed by atoms with Gasteiger partial charge in [-0.3, -0.25) is 9.36 Å². The molecule has 1 fully saturated rings. The maximum absolute atomic E-state index is 12.7. The van der Waals surface area contributed by atoms with Crippen LogP contribution in [0.5, 0.6) is 0 Å². The first kappa shape index (κ1) is 24.7. The fraction of sp³-hybridized carbons (Fsp3) is 0.417. The van der Waals surface area contributed by atoms with Gasteiger partial charge in [0, 0.05) is 31.1 Å². The van der Waals surface area contributed by atoms with Crippen LogP contribution in [0.25, 0.3) is 5.82 Å². The second-order valence-electron chi connectivity index (χ2n) is 9.20. The number of benzene rings is 1. The highest BCUT2D eigenvalue weighted by atomic mass is 32.1. The van der Waals surface area contributed by atoms with Gasteiger partial charge in [-0.25, -0.2) is 9.97 Å². The van der Waals surface area contributed by atoms with Crippen LogP contribution in [0.15, 0.2) is 43.0 Å². The zero-order chi connectivity index (χ0) is 22.7. The summed E-state index contributed by atoms with van der Waals surface area (Å²) in [5, 5.41) is 6.26. The molecule has 2 N–H and O–H groups in total. The number of ether oxygens (including phenoxy) is 1. The number of hydrogen-bond donors (Lipinski definition) is 2. The van der Waals surface area contributed by atoms with Crippen LogP contribution in [-0.4, -0.2) is 44.7 Å². The molecule has 0 aliphatic carbocycles. The summed E-state index contributed by atoms with van der Waals surface area (Å²) in [6.07, 6.45) is 5.99. The number of imidazole rings is 1. The molecule has 0 bridgehead atoms. The van der Waals surface area contributed by atoms with E-state index in [1.54, 1.807) is 23.3 Å². The van der Waals surface area contributed by atoms with E-state index in [-0.39, 0.29) is 30.9 Å². The molecule has 0 radical (unpaired) electrons. The Labute approximate surface area is 201 Å². The summed E-state index contributed by atoms with van der Waals surface area (Å²) >= 11 is 0. The minimum Gasteiger partial charge on any atom is -0.379 e. The molecular formula is C24H32N6O2S. The van der Waals surface area contributed by atoms with Crippen molar-refractivity contribution in [3.63, 3.8) is 0 Å². The number of rotatable bonds is 6. The van der Waals surface area contributed by atoms with Crippen LogP contribution in [0, 0.1) is 6.92 Å². The average molecular weight is 469 g/mol. The van der Waals surface area contributed by atoms with E-state index in [0.29, 0.717) is 30.6 Å². The number of anilines is 1. The molecule has 9 heteroatoms. The third-order valence-electron chi connectivity index (χ3n) is 5.51. The first-order valence-electron chi connectivity index (χ1n) is 10.9. The number of aromatic nitrogens is 4. The predicted molar refractivity (Wildman–Crippen MR) is 133 cm³/mol. The van der Waals surface area contributed by atoms with Crippen molar-refractivity contribution in [2.24, 2.45) is 0 Å². The Hall–Kier alpha value is -2.91. The van der Waals surface area contributed by atoms with Gasteiger partial charge in [0.05, 0.1) is 12.6 Å². The van der Waals surface area contributed by atoms with Gasteiger partial charge in [-0.2, -0.15) is 18.5 Å². The van der Waals surface area contributed by atoms with Crippen LogP contribution in [0.3, 0.4) is 0 Å². The number of amides is 1. The molecule has 1 atom stereocenters. The average Bonchev–Trinajstić information content (AvgIpc) is 3.45. The largest absolute Gasteiger partial charge is 0.379 e. The molecule has 3 aromatic rings. The van der Waals surface area contributed by atoms with Crippen LogP contribution in [0.1, 0.15) is 54.4 Å². The number of aryl methyl sites for hydroxylation is 1. The van der Waals surface area contributed by atoms with Gasteiger partial charge in [-0.15, -0.1) is 0 Å². The molecule has 0 spiro atoms. The highest BCUT2D eigenvalue weighted by molar-refractivity contribution is 7.59. The molecule has 4 rings (SSSR count). The molecule has 3 heterocycles. The Bertz CT molecular complexity index is 1100. The summed E-state index contributed by atoms with van der Waals surface area (Å²) < 4.78 is 7.15. The second-order valence-corrected chi connectivity index (χ2v) is 9.20. The Morgan fingerprint density at radius 3 is 2.82 bits per heavy atom. The van der Waals surface area contributed by atoms with Gasteiger partial charge < -0.3 is 15.4 Å². The lowest BCUT2D eigenvalue weighted by molar-refractivity contribution is 0.0946. The summed E-state index contributed by atoms with van der Waals surface area (Å²) in [5.41, 5.74) is 3.59. The molecular weight excluding hydrogens is 436 g/mol. The topological polar surface area (TPSA) is 94.0 Å². The van der Waals surface area contributed by atoms with E-state index in [4.69, 9.17) is 4.74 Å². The van der Waals surface area contributed by atoms with E-state index in [1.807, 2.05) is 19.1 Å². The van der Waals surface area contributed by atoms with Gasteiger partial charge in [-0.05, 0) is 29.9 Å². The van der Waals surface area contributed by atoms with Crippen LogP contribution < -0.4 is 10.6 Å². The van der Waals surface area contributed by atoms with Crippen molar-refractivity contribution >= 4 is 25.4 Å². The Balaban J connectivity index is 0.00000306. The maximum atomic E-state index is 12.7. The van der Waals surface area contributed by atoms with Gasteiger partial charge in [-0.1, -0.05) is 45.0 Å². The molecule has 1 saturated heterocycles. The first-order chi connectivity index (χ1) is 15.3. The lowest BCUT2D eigenvalue weighted by Gasteiger charge is -2.19. The monoisotopic (exact) mass is 468 g/mol. The summed E-state index contributed by atoms with van der Waals surface area (Å²) in [7, 11) is 0. The maximum Gasteiger partial charge on any atom is 0.271 e. The molecule has 0 unspecified atom stereocenters. The van der Waals surface area contributed by atoms with Crippen LogP contribution in [0.2, 0.25) is 0 Å². The molecule has 2 aromatic heterocycles. The fourth-order valence-electron chi connectivity index (χ4n) is 3.57. The molecule has 8 nitrogen and oxygen atoms in total. The van der Waals surface area contributed by atoms with E-state index in [9.17, 15) is 4.79 Å². The summed E-state index contributed by atoms with van der Waals surface area (Å²) in [4.78, 5) is 26.0. The van der Waals surface area contributed by atoms with E-state index in [0.717, 1.165) is 24.2 Å². The highest BCUT2D eigenvalue weighted by Crippen LogP contribution is 2.23. The second kappa shape index (κ2) is 10.4. The van der Waals surface area contributed by atoms with Crippen molar-refractivity contribution < 1.29 is 9.53 Å². The molecule has 33 heavy (non-hydrogen) atoms. The van der Waals surface area contributed by atoms with Gasteiger partial charge in [0.25, 0.3) is 5.91 Å². The van der Waals surface area contributed by atoms with Gasteiger partial charge in [0.15, 0.2) is 0 Å². The normalized spacial score (nSPS) is 15.7. The zero-order valence-electron chi connectivity index (χ0n) is 19.6. The Morgan fingerprint density at radius 1 is 1.27 bits per heavy atom. The Kier molecular flexibility index (Phi) is 7.76. The van der Waals surface area contributed by atoms with Crippen molar-refractivity contribution in [2.45, 2.75) is 52.1 Å². The number of carbonyl (C=O) groups is 1. The predicted octanol–water partition coefficient (Wildman–Crippen LogP) is 3.51. The standard InChI is InChI=1S/C24H30N6O2.H2S/c1-16-11-26-23(28-19-8-9-32-14-19)29-21(16)30-13-20(27-15-30)22(31)25-12-17-6-5-7-18(10-17)24(2,3)4;/h5-7,10-11,13,15,19H,8-9,12,14H2,1-4H3,(H,25,31)(H,26,28,29);1H2/t19-;/m0./s1. The van der Waals surface area contributed by atoms with Gasteiger partial charge >= 0.3 is 0 Å². The van der Waals surface area contributed by atoms with Crippen LogP contribution >= 0.6 is 13.5 Å². The van der Waals surface area contributed by atoms with Gasteiger partial charge in [0.1, 0.15) is 17.8 Å². The minimum absolute atomic E-state index is 0. The van der Waals surface area contributed by atoms with Crippen molar-refractivity contribution in [2.75, 3.05) is 18.5 Å². The molecule has 1 aliphatic rings. The van der Waals surface area contributed by atoms with Crippen LogP contribution in [0.4, 0.5) is 5.95 Å². The van der Waals surface area contributed by atoms with E-state index in [1.165, 1.54) is 5.56 Å². The van der Waals surface area contributed by atoms with Crippen molar-refractivity contribution in [3.8, 4) is 5.82 Å². The minimum atomic E-state index is -0.224. The van der Waals surface area contributed by atoms with Crippen molar-refractivity contribution in [3.05, 3.63) is 65.4 Å². The van der Waals surface area contributed by atoms with Gasteiger partial charge in [0.2, 0.25) is 5.95 Å². The van der Waals surface area contributed by atoms with Crippen molar-refractivity contribution in [1.82, 2.24) is 24.8 Å². The Morgan fingerprint density at radius 2 is 2.09 bits per heavy atom. The first-order valence-corrected chi connectivity index (χ1v) is 10.9. The third-order valence-corrected chi connectivity index (χ3v) is 5.51. The molecule has 1 amide bonds. The van der Waals surface area contributed by atoms with Crippen LogP contribution in [-0.2, 0) is 16.7 Å². The smallest absolute Gasteiger partial charge is 0.271 e. The lowest BCUT2D eigenvalue weighted by atomic mass is 9.86. The van der Waals surface area contributed by atoms with E-state index >= 15 is 0 Å². The number of hydrogen-bond acceptors (Lipinski definition) is 6. The SMILES string of the molecule is Cc1cnc(N[C@H]2CCOC2)nc1-n1cnc(C(=O)NCc2cccc(C(C)(C)C)c2)c1.S. The zero-order valence-corrected chi connectivity index (χ0v) is 20.6. The van der Waals surface area contributed by atoms with Crippen molar-refractivity contribution in [1.29, 1.82) is 0 Å². The molecule has 176 valence electrons. The molecule has 1 aromatic carbocycles. The van der Waals surface area contributed by atoms with E-state index < -0.39 is 0 Å².